The van der Waals surface area contributed by atoms with Crippen molar-refractivity contribution in [3.63, 3.8) is 0 Å². The summed E-state index contributed by atoms with van der Waals surface area (Å²) in [5, 5.41) is 12.5. The highest BCUT2D eigenvalue weighted by Gasteiger charge is 2.17. The Morgan fingerprint density at radius 3 is 2.38 bits per heavy atom. The van der Waals surface area contributed by atoms with Crippen molar-refractivity contribution in [1.82, 2.24) is 5.32 Å². The van der Waals surface area contributed by atoms with Crippen LogP contribution in [0.1, 0.15) is 22.3 Å². The molecule has 0 unspecified atom stereocenters. The summed E-state index contributed by atoms with van der Waals surface area (Å²) in [5.74, 6) is -0.817. The van der Waals surface area contributed by atoms with E-state index < -0.39 is 12.0 Å². The van der Waals surface area contributed by atoms with Crippen molar-refractivity contribution in [2.45, 2.75) is 32.9 Å². The SMILES string of the molecule is Cc1ccc(CN[C@@H](Cc2ccccc2)C(=O)O)cc1C. The van der Waals surface area contributed by atoms with Gasteiger partial charge >= 0.3 is 5.97 Å². The number of carbonyl (C=O) groups is 1. The first kappa shape index (κ1) is 15.3. The third-order valence-electron chi connectivity index (χ3n) is 3.70. The fraction of sp³-hybridized carbons (Fsp3) is 0.278. The van der Waals surface area contributed by atoms with Crippen molar-refractivity contribution in [1.29, 1.82) is 0 Å². The van der Waals surface area contributed by atoms with Gasteiger partial charge in [0.1, 0.15) is 6.04 Å². The van der Waals surface area contributed by atoms with Crippen molar-refractivity contribution >= 4 is 5.97 Å². The minimum absolute atomic E-state index is 0.487. The molecule has 0 bridgehead atoms. The number of carboxylic acids is 1. The maximum Gasteiger partial charge on any atom is 0.321 e. The molecule has 21 heavy (non-hydrogen) atoms. The fourth-order valence-electron chi connectivity index (χ4n) is 2.25. The molecular formula is C18H21NO2. The highest BCUT2D eigenvalue weighted by atomic mass is 16.4. The van der Waals surface area contributed by atoms with E-state index in [0.29, 0.717) is 13.0 Å². The Kier molecular flexibility index (Phi) is 5.12. The molecule has 2 N–H and O–H groups in total. The molecule has 0 heterocycles. The summed E-state index contributed by atoms with van der Waals surface area (Å²) >= 11 is 0. The van der Waals surface area contributed by atoms with Crippen LogP contribution in [-0.4, -0.2) is 17.1 Å². The summed E-state index contributed by atoms with van der Waals surface area (Å²) in [5.41, 5.74) is 4.61. The van der Waals surface area contributed by atoms with Crippen LogP contribution in [0, 0.1) is 13.8 Å². The molecule has 0 saturated carbocycles. The molecule has 0 radical (unpaired) electrons. The van der Waals surface area contributed by atoms with Crippen molar-refractivity contribution in [3.8, 4) is 0 Å². The van der Waals surface area contributed by atoms with Crippen LogP contribution in [0.2, 0.25) is 0 Å². The third kappa shape index (κ3) is 4.43. The van der Waals surface area contributed by atoms with Gasteiger partial charge in [-0.15, -0.1) is 0 Å². The van der Waals surface area contributed by atoms with Crippen LogP contribution in [0.25, 0.3) is 0 Å². The summed E-state index contributed by atoms with van der Waals surface area (Å²) in [4.78, 5) is 11.4. The molecule has 2 aromatic rings. The molecule has 2 rings (SSSR count). The first-order valence-corrected chi connectivity index (χ1v) is 7.12. The lowest BCUT2D eigenvalue weighted by atomic mass is 10.0. The fourth-order valence-corrected chi connectivity index (χ4v) is 2.25. The number of hydrogen-bond acceptors (Lipinski definition) is 2. The molecule has 0 aliphatic carbocycles. The maximum absolute atomic E-state index is 11.4. The van der Waals surface area contributed by atoms with Gasteiger partial charge in [-0.1, -0.05) is 48.5 Å². The Labute approximate surface area is 125 Å². The van der Waals surface area contributed by atoms with Gasteiger partial charge in [0.15, 0.2) is 0 Å². The van der Waals surface area contributed by atoms with E-state index in [2.05, 4.69) is 31.3 Å². The molecule has 0 aliphatic rings. The van der Waals surface area contributed by atoms with E-state index in [-0.39, 0.29) is 0 Å². The van der Waals surface area contributed by atoms with Gasteiger partial charge in [0.05, 0.1) is 0 Å². The van der Waals surface area contributed by atoms with Gasteiger partial charge in [0.2, 0.25) is 0 Å². The summed E-state index contributed by atoms with van der Waals surface area (Å²) in [6.45, 7) is 4.70. The van der Waals surface area contributed by atoms with Crippen LogP contribution >= 0.6 is 0 Å². The van der Waals surface area contributed by atoms with Gasteiger partial charge < -0.3 is 10.4 Å². The summed E-state index contributed by atoms with van der Waals surface area (Å²) in [6, 6.07) is 15.3. The predicted molar refractivity (Wildman–Crippen MR) is 84.3 cm³/mol. The average Bonchev–Trinajstić information content (AvgIpc) is 2.47. The Hall–Kier alpha value is -2.13. The van der Waals surface area contributed by atoms with Gasteiger partial charge in [0, 0.05) is 6.54 Å². The summed E-state index contributed by atoms with van der Waals surface area (Å²) < 4.78 is 0. The van der Waals surface area contributed by atoms with Gasteiger partial charge in [-0.25, -0.2) is 0 Å². The van der Waals surface area contributed by atoms with Gasteiger partial charge in [0.25, 0.3) is 0 Å². The van der Waals surface area contributed by atoms with Crippen LogP contribution < -0.4 is 5.32 Å². The van der Waals surface area contributed by atoms with Gasteiger partial charge in [-0.2, -0.15) is 0 Å². The number of hydrogen-bond donors (Lipinski definition) is 2. The van der Waals surface area contributed by atoms with Crippen LogP contribution in [0.15, 0.2) is 48.5 Å². The molecule has 0 saturated heterocycles. The minimum Gasteiger partial charge on any atom is -0.480 e. The number of aliphatic carboxylic acids is 1. The molecule has 0 spiro atoms. The highest BCUT2D eigenvalue weighted by Crippen LogP contribution is 2.10. The van der Waals surface area contributed by atoms with Gasteiger partial charge in [-0.3, -0.25) is 4.79 Å². The van der Waals surface area contributed by atoms with E-state index in [4.69, 9.17) is 0 Å². The van der Waals surface area contributed by atoms with Crippen LogP contribution in [-0.2, 0) is 17.8 Å². The third-order valence-corrected chi connectivity index (χ3v) is 3.70. The molecule has 0 fully saturated rings. The largest absolute Gasteiger partial charge is 0.480 e. The minimum atomic E-state index is -0.817. The molecule has 110 valence electrons. The zero-order chi connectivity index (χ0) is 15.2. The number of benzene rings is 2. The van der Waals surface area contributed by atoms with Crippen LogP contribution in [0.4, 0.5) is 0 Å². The Balaban J connectivity index is 2.00. The van der Waals surface area contributed by atoms with E-state index in [1.807, 2.05) is 36.4 Å². The normalized spacial score (nSPS) is 12.1. The van der Waals surface area contributed by atoms with E-state index in [1.165, 1.54) is 11.1 Å². The first-order valence-electron chi connectivity index (χ1n) is 7.12. The zero-order valence-electron chi connectivity index (χ0n) is 12.5. The molecule has 0 amide bonds. The van der Waals surface area contributed by atoms with E-state index >= 15 is 0 Å². The zero-order valence-corrected chi connectivity index (χ0v) is 12.5. The molecule has 3 nitrogen and oxygen atoms in total. The van der Waals surface area contributed by atoms with Crippen LogP contribution in [0.3, 0.4) is 0 Å². The van der Waals surface area contributed by atoms with E-state index in [9.17, 15) is 9.90 Å². The molecule has 3 heteroatoms. The average molecular weight is 283 g/mol. The number of nitrogens with one attached hydrogen (secondary N) is 1. The summed E-state index contributed by atoms with van der Waals surface area (Å²) in [7, 11) is 0. The van der Waals surface area contributed by atoms with Crippen LogP contribution in [0.5, 0.6) is 0 Å². The lowest BCUT2D eigenvalue weighted by molar-refractivity contribution is -0.139. The second-order valence-electron chi connectivity index (χ2n) is 5.38. The van der Waals surface area contributed by atoms with E-state index in [0.717, 1.165) is 11.1 Å². The highest BCUT2D eigenvalue weighted by molar-refractivity contribution is 5.73. The molecule has 1 atom stereocenters. The number of carboxylic acid groups (broad SMARTS) is 1. The molecule has 0 aromatic heterocycles. The Morgan fingerprint density at radius 2 is 1.76 bits per heavy atom. The second-order valence-corrected chi connectivity index (χ2v) is 5.38. The second kappa shape index (κ2) is 7.04. The van der Waals surface area contributed by atoms with Crippen molar-refractivity contribution in [3.05, 3.63) is 70.8 Å². The van der Waals surface area contributed by atoms with Crippen molar-refractivity contribution in [2.24, 2.45) is 0 Å². The molecule has 0 aliphatic heterocycles. The lowest BCUT2D eigenvalue weighted by Crippen LogP contribution is -2.38. The number of rotatable bonds is 6. The van der Waals surface area contributed by atoms with Crippen molar-refractivity contribution in [2.75, 3.05) is 0 Å². The Bertz CT molecular complexity index is 608. The molecular weight excluding hydrogens is 262 g/mol. The lowest BCUT2D eigenvalue weighted by Gasteiger charge is -2.15. The topological polar surface area (TPSA) is 49.3 Å². The quantitative estimate of drug-likeness (QED) is 0.856. The Morgan fingerprint density at radius 1 is 1.05 bits per heavy atom. The molecule has 2 aromatic carbocycles. The first-order chi connectivity index (χ1) is 10.1. The van der Waals surface area contributed by atoms with Crippen molar-refractivity contribution < 1.29 is 9.90 Å². The standard InChI is InChI=1S/C18H21NO2/c1-13-8-9-16(10-14(13)2)12-19-17(18(20)21)11-15-6-4-3-5-7-15/h3-10,17,19H,11-12H2,1-2H3,(H,20,21)/t17-/m0/s1. The maximum atomic E-state index is 11.4. The van der Waals surface area contributed by atoms with E-state index in [1.54, 1.807) is 0 Å². The predicted octanol–water partition coefficient (Wildman–Crippen LogP) is 3.09. The number of aryl methyl sites for hydroxylation is 2. The summed E-state index contributed by atoms with van der Waals surface area (Å²) in [6.07, 6.45) is 0.487. The smallest absolute Gasteiger partial charge is 0.321 e. The monoisotopic (exact) mass is 283 g/mol. The van der Waals surface area contributed by atoms with Gasteiger partial charge in [-0.05, 0) is 42.5 Å².